The summed E-state index contributed by atoms with van der Waals surface area (Å²) in [5.41, 5.74) is 7.07. The number of nitrogens with two attached hydrogens (primary N) is 1. The van der Waals surface area contributed by atoms with Crippen molar-refractivity contribution in [3.63, 3.8) is 0 Å². The molecule has 0 aliphatic carbocycles. The van der Waals surface area contributed by atoms with E-state index in [0.717, 1.165) is 4.90 Å². The summed E-state index contributed by atoms with van der Waals surface area (Å²) in [6, 6.07) is 8.74. The molecule has 1 aromatic carbocycles. The Kier molecular flexibility index (Phi) is 4.20. The smallest absolute Gasteiger partial charge is 0.124 e. The highest BCUT2D eigenvalue weighted by Crippen LogP contribution is 2.38. The molecular formula is C13H14FNS2. The van der Waals surface area contributed by atoms with Gasteiger partial charge in [0.05, 0.1) is 5.25 Å². The summed E-state index contributed by atoms with van der Waals surface area (Å²) in [7, 11) is 0. The highest BCUT2D eigenvalue weighted by atomic mass is 32.2. The van der Waals surface area contributed by atoms with Gasteiger partial charge in [0.2, 0.25) is 0 Å². The topological polar surface area (TPSA) is 26.0 Å². The second kappa shape index (κ2) is 5.67. The van der Waals surface area contributed by atoms with E-state index in [9.17, 15) is 4.39 Å². The Morgan fingerprint density at radius 3 is 2.82 bits per heavy atom. The maximum Gasteiger partial charge on any atom is 0.124 e. The Labute approximate surface area is 109 Å². The molecule has 2 rings (SSSR count). The van der Waals surface area contributed by atoms with E-state index < -0.39 is 0 Å². The number of hydrogen-bond acceptors (Lipinski definition) is 3. The molecule has 90 valence electrons. The SMILES string of the molecule is Cc1ccsc1C(CN)Sc1cccc(F)c1. The zero-order valence-corrected chi connectivity index (χ0v) is 11.2. The van der Waals surface area contributed by atoms with E-state index in [1.165, 1.54) is 16.5 Å². The summed E-state index contributed by atoms with van der Waals surface area (Å²) in [5, 5.41) is 2.27. The maximum absolute atomic E-state index is 13.1. The normalized spacial score (nSPS) is 12.6. The van der Waals surface area contributed by atoms with Gasteiger partial charge in [0, 0.05) is 16.3 Å². The van der Waals surface area contributed by atoms with Gasteiger partial charge in [-0.3, -0.25) is 0 Å². The first-order valence-electron chi connectivity index (χ1n) is 5.37. The first-order valence-corrected chi connectivity index (χ1v) is 7.13. The molecule has 1 aromatic heterocycles. The molecule has 0 aliphatic heterocycles. The number of hydrogen-bond donors (Lipinski definition) is 1. The zero-order valence-electron chi connectivity index (χ0n) is 9.52. The van der Waals surface area contributed by atoms with Crippen molar-refractivity contribution in [3.8, 4) is 0 Å². The quantitative estimate of drug-likeness (QED) is 0.848. The van der Waals surface area contributed by atoms with Crippen molar-refractivity contribution >= 4 is 23.1 Å². The first-order chi connectivity index (χ1) is 8.20. The molecule has 1 heterocycles. The number of benzene rings is 1. The molecular weight excluding hydrogens is 253 g/mol. The lowest BCUT2D eigenvalue weighted by Gasteiger charge is -2.14. The van der Waals surface area contributed by atoms with Crippen molar-refractivity contribution in [1.82, 2.24) is 0 Å². The van der Waals surface area contributed by atoms with Crippen LogP contribution in [0.3, 0.4) is 0 Å². The van der Waals surface area contributed by atoms with Gasteiger partial charge in [-0.1, -0.05) is 6.07 Å². The summed E-state index contributed by atoms with van der Waals surface area (Å²) in [6.07, 6.45) is 0. The molecule has 4 heteroatoms. The summed E-state index contributed by atoms with van der Waals surface area (Å²) >= 11 is 3.33. The van der Waals surface area contributed by atoms with Crippen LogP contribution in [0.2, 0.25) is 0 Å². The predicted octanol–water partition coefficient (Wildman–Crippen LogP) is 3.99. The van der Waals surface area contributed by atoms with Gasteiger partial charge < -0.3 is 5.73 Å². The molecule has 0 amide bonds. The van der Waals surface area contributed by atoms with Crippen LogP contribution < -0.4 is 5.73 Å². The molecule has 1 unspecified atom stereocenters. The lowest BCUT2D eigenvalue weighted by molar-refractivity contribution is 0.624. The Balaban J connectivity index is 2.19. The van der Waals surface area contributed by atoms with Crippen LogP contribution in [0.5, 0.6) is 0 Å². The summed E-state index contributed by atoms with van der Waals surface area (Å²) in [5.74, 6) is -0.200. The Hall–Kier alpha value is -0.840. The van der Waals surface area contributed by atoms with Gasteiger partial charge in [-0.15, -0.1) is 23.1 Å². The van der Waals surface area contributed by atoms with Crippen molar-refractivity contribution in [3.05, 3.63) is 52.0 Å². The highest BCUT2D eigenvalue weighted by Gasteiger charge is 2.15. The van der Waals surface area contributed by atoms with Gasteiger partial charge in [-0.05, 0) is 42.1 Å². The molecule has 0 bridgehead atoms. The van der Waals surface area contributed by atoms with E-state index in [-0.39, 0.29) is 11.1 Å². The van der Waals surface area contributed by atoms with Crippen molar-refractivity contribution < 1.29 is 4.39 Å². The average molecular weight is 267 g/mol. The molecule has 1 nitrogen and oxygen atoms in total. The summed E-state index contributed by atoms with van der Waals surface area (Å²) < 4.78 is 13.1. The Morgan fingerprint density at radius 1 is 1.41 bits per heavy atom. The molecule has 2 N–H and O–H groups in total. The molecule has 1 atom stereocenters. The van der Waals surface area contributed by atoms with Crippen LogP contribution in [0.4, 0.5) is 4.39 Å². The number of rotatable bonds is 4. The van der Waals surface area contributed by atoms with Gasteiger partial charge in [0.25, 0.3) is 0 Å². The fourth-order valence-electron chi connectivity index (χ4n) is 1.63. The molecule has 0 saturated carbocycles. The van der Waals surface area contributed by atoms with Gasteiger partial charge >= 0.3 is 0 Å². The molecule has 0 radical (unpaired) electrons. The second-order valence-electron chi connectivity index (χ2n) is 3.77. The van der Waals surface area contributed by atoms with E-state index in [0.29, 0.717) is 6.54 Å². The maximum atomic E-state index is 13.1. The van der Waals surface area contributed by atoms with Crippen molar-refractivity contribution in [1.29, 1.82) is 0 Å². The minimum absolute atomic E-state index is 0.200. The van der Waals surface area contributed by atoms with Gasteiger partial charge in [0.1, 0.15) is 5.82 Å². The molecule has 17 heavy (non-hydrogen) atoms. The van der Waals surface area contributed by atoms with Gasteiger partial charge in [0.15, 0.2) is 0 Å². The highest BCUT2D eigenvalue weighted by molar-refractivity contribution is 7.99. The van der Waals surface area contributed by atoms with Crippen molar-refractivity contribution in [2.75, 3.05) is 6.54 Å². The fourth-order valence-corrected chi connectivity index (χ4v) is 3.91. The molecule has 0 saturated heterocycles. The number of thioether (sulfide) groups is 1. The zero-order chi connectivity index (χ0) is 12.3. The Bertz CT molecular complexity index is 496. The summed E-state index contributed by atoms with van der Waals surface area (Å²) in [4.78, 5) is 2.20. The van der Waals surface area contributed by atoms with Crippen LogP contribution >= 0.6 is 23.1 Å². The molecule has 0 aliphatic rings. The van der Waals surface area contributed by atoms with Gasteiger partial charge in [-0.2, -0.15) is 0 Å². The monoisotopic (exact) mass is 267 g/mol. The third-order valence-corrected chi connectivity index (χ3v) is 5.00. The third kappa shape index (κ3) is 3.09. The lowest BCUT2D eigenvalue weighted by Crippen LogP contribution is -2.08. The van der Waals surface area contributed by atoms with E-state index in [1.54, 1.807) is 35.2 Å². The van der Waals surface area contributed by atoms with Crippen LogP contribution in [-0.4, -0.2) is 6.54 Å². The minimum Gasteiger partial charge on any atom is -0.329 e. The minimum atomic E-state index is -0.200. The van der Waals surface area contributed by atoms with E-state index in [1.807, 2.05) is 6.07 Å². The second-order valence-corrected chi connectivity index (χ2v) is 5.99. The van der Waals surface area contributed by atoms with Crippen LogP contribution in [0, 0.1) is 12.7 Å². The summed E-state index contributed by atoms with van der Waals surface area (Å²) in [6.45, 7) is 2.64. The molecule has 2 aromatic rings. The van der Waals surface area contributed by atoms with Crippen molar-refractivity contribution in [2.24, 2.45) is 5.73 Å². The fraction of sp³-hybridized carbons (Fsp3) is 0.231. The van der Waals surface area contributed by atoms with Crippen LogP contribution in [0.25, 0.3) is 0 Å². The van der Waals surface area contributed by atoms with Gasteiger partial charge in [-0.25, -0.2) is 4.39 Å². The lowest BCUT2D eigenvalue weighted by atomic mass is 10.2. The largest absolute Gasteiger partial charge is 0.329 e. The average Bonchev–Trinajstić information content (AvgIpc) is 2.72. The standard InChI is InChI=1S/C13H14FNS2/c1-9-5-6-16-13(9)12(8-15)17-11-4-2-3-10(14)7-11/h2-7,12H,8,15H2,1H3. The third-order valence-electron chi connectivity index (χ3n) is 2.48. The van der Waals surface area contributed by atoms with Crippen molar-refractivity contribution in [2.45, 2.75) is 17.1 Å². The van der Waals surface area contributed by atoms with E-state index in [2.05, 4.69) is 18.4 Å². The number of thiophene rings is 1. The first kappa shape index (κ1) is 12.6. The predicted molar refractivity (Wildman–Crippen MR) is 73.1 cm³/mol. The van der Waals surface area contributed by atoms with Crippen LogP contribution in [0.15, 0.2) is 40.6 Å². The number of aryl methyl sites for hydroxylation is 1. The molecule has 0 spiro atoms. The van der Waals surface area contributed by atoms with E-state index in [4.69, 9.17) is 5.73 Å². The van der Waals surface area contributed by atoms with Crippen LogP contribution in [-0.2, 0) is 0 Å². The number of halogens is 1. The van der Waals surface area contributed by atoms with Crippen LogP contribution in [0.1, 0.15) is 15.7 Å². The molecule has 0 fully saturated rings. The Morgan fingerprint density at radius 2 is 2.24 bits per heavy atom. The van der Waals surface area contributed by atoms with E-state index >= 15 is 0 Å².